The lowest BCUT2D eigenvalue weighted by Gasteiger charge is -2.08. The van der Waals surface area contributed by atoms with E-state index < -0.39 is 0 Å². The van der Waals surface area contributed by atoms with E-state index in [0.717, 1.165) is 34.4 Å². The first-order chi connectivity index (χ1) is 12.8. The van der Waals surface area contributed by atoms with E-state index in [9.17, 15) is 5.21 Å². The zero-order valence-electron chi connectivity index (χ0n) is 14.7. The molecule has 0 unspecified atom stereocenters. The summed E-state index contributed by atoms with van der Waals surface area (Å²) in [4.78, 5) is 0. The van der Waals surface area contributed by atoms with Gasteiger partial charge in [0, 0.05) is 23.4 Å². The Morgan fingerprint density at radius 1 is 1.12 bits per heavy atom. The number of hydrogen-bond donors (Lipinski definition) is 1. The van der Waals surface area contributed by atoms with Crippen LogP contribution in [0, 0.1) is 0 Å². The highest BCUT2D eigenvalue weighted by Gasteiger charge is 2.15. The van der Waals surface area contributed by atoms with Crippen LogP contribution in [-0.4, -0.2) is 38.5 Å². The van der Waals surface area contributed by atoms with Gasteiger partial charge in [-0.3, -0.25) is 0 Å². The van der Waals surface area contributed by atoms with Crippen LogP contribution in [0.5, 0.6) is 5.75 Å². The number of methoxy groups -OCH3 is 1. The van der Waals surface area contributed by atoms with Crippen molar-refractivity contribution in [2.24, 2.45) is 5.16 Å². The maximum Gasteiger partial charge on any atom is 0.191 e. The molecule has 1 aromatic heterocycles. The Morgan fingerprint density at radius 3 is 2.46 bits per heavy atom. The zero-order chi connectivity index (χ0) is 18.4. The molecular weight excluding hydrogens is 348 g/mol. The average molecular weight is 368 g/mol. The quantitative estimate of drug-likeness (QED) is 0.296. The van der Waals surface area contributed by atoms with E-state index in [-0.39, 0.29) is 0 Å². The van der Waals surface area contributed by atoms with Crippen molar-refractivity contribution in [1.82, 2.24) is 14.8 Å². The lowest BCUT2D eigenvalue weighted by molar-refractivity contribution is 0.319. The summed E-state index contributed by atoms with van der Waals surface area (Å²) in [5.41, 5.74) is 2.47. The van der Waals surface area contributed by atoms with Gasteiger partial charge in [0.15, 0.2) is 11.0 Å². The number of rotatable bonds is 7. The summed E-state index contributed by atoms with van der Waals surface area (Å²) in [6.45, 7) is 2.80. The van der Waals surface area contributed by atoms with Gasteiger partial charge in [0.2, 0.25) is 0 Å². The minimum atomic E-state index is 0.501. The van der Waals surface area contributed by atoms with Crippen molar-refractivity contribution >= 4 is 17.5 Å². The van der Waals surface area contributed by atoms with Crippen molar-refractivity contribution < 1.29 is 9.94 Å². The van der Waals surface area contributed by atoms with Gasteiger partial charge in [0.1, 0.15) is 5.75 Å². The lowest BCUT2D eigenvalue weighted by atomic mass is 10.1. The zero-order valence-corrected chi connectivity index (χ0v) is 15.5. The van der Waals surface area contributed by atoms with Crippen LogP contribution in [0.25, 0.3) is 11.4 Å². The number of hydrogen-bond acceptors (Lipinski definition) is 6. The Hall–Kier alpha value is -2.80. The van der Waals surface area contributed by atoms with Gasteiger partial charge in [-0.25, -0.2) is 0 Å². The molecule has 2 aromatic carbocycles. The van der Waals surface area contributed by atoms with Crippen LogP contribution in [0.15, 0.2) is 64.9 Å². The standard InChI is InChI=1S/C19H20N4O2S/c1-3-23-18(15-9-11-16(25-2)12-10-15)20-21-19(23)26-13-17(22-24)14-7-5-4-6-8-14/h4-12,24H,3,13H2,1-2H3/b22-17-. The molecule has 0 spiro atoms. The number of ether oxygens (including phenoxy) is 1. The van der Waals surface area contributed by atoms with Gasteiger partial charge in [-0.05, 0) is 31.2 Å². The van der Waals surface area contributed by atoms with Crippen molar-refractivity contribution in [2.45, 2.75) is 18.6 Å². The second-order valence-electron chi connectivity index (χ2n) is 5.48. The van der Waals surface area contributed by atoms with Crippen molar-refractivity contribution in [3.63, 3.8) is 0 Å². The van der Waals surface area contributed by atoms with Crippen molar-refractivity contribution in [3.05, 3.63) is 60.2 Å². The van der Waals surface area contributed by atoms with E-state index >= 15 is 0 Å². The first kappa shape index (κ1) is 18.0. The lowest BCUT2D eigenvalue weighted by Crippen LogP contribution is -2.06. The molecule has 3 rings (SSSR count). The normalized spacial score (nSPS) is 11.5. The predicted molar refractivity (Wildman–Crippen MR) is 103 cm³/mol. The molecule has 7 heteroatoms. The molecule has 0 aliphatic rings. The number of benzene rings is 2. The summed E-state index contributed by atoms with van der Waals surface area (Å²) in [5.74, 6) is 2.11. The third-order valence-corrected chi connectivity index (χ3v) is 4.93. The molecular formula is C19H20N4O2S. The molecule has 0 fully saturated rings. The van der Waals surface area contributed by atoms with E-state index in [1.165, 1.54) is 11.8 Å². The van der Waals surface area contributed by atoms with Crippen LogP contribution in [0.2, 0.25) is 0 Å². The van der Waals surface area contributed by atoms with Crippen LogP contribution in [0.1, 0.15) is 12.5 Å². The third kappa shape index (κ3) is 3.88. The van der Waals surface area contributed by atoms with Gasteiger partial charge in [0.25, 0.3) is 0 Å². The summed E-state index contributed by atoms with van der Waals surface area (Å²) in [6, 6.07) is 17.4. The number of thioether (sulfide) groups is 1. The Bertz CT molecular complexity index is 876. The van der Waals surface area contributed by atoms with E-state index in [0.29, 0.717) is 11.5 Å². The SMILES string of the molecule is CCn1c(SC/C(=N/O)c2ccccc2)nnc1-c1ccc(OC)cc1. The Balaban J connectivity index is 1.79. The molecule has 0 saturated carbocycles. The number of aromatic nitrogens is 3. The van der Waals surface area contributed by atoms with E-state index in [2.05, 4.69) is 22.3 Å². The highest BCUT2D eigenvalue weighted by atomic mass is 32.2. The monoisotopic (exact) mass is 368 g/mol. The second-order valence-corrected chi connectivity index (χ2v) is 6.42. The second kappa shape index (κ2) is 8.53. The minimum absolute atomic E-state index is 0.501. The molecule has 0 bridgehead atoms. The summed E-state index contributed by atoms with van der Waals surface area (Å²) >= 11 is 1.50. The average Bonchev–Trinajstić information content (AvgIpc) is 3.12. The van der Waals surface area contributed by atoms with Crippen LogP contribution in [-0.2, 0) is 6.54 Å². The molecule has 0 amide bonds. The van der Waals surface area contributed by atoms with E-state index in [1.54, 1.807) is 7.11 Å². The molecule has 6 nitrogen and oxygen atoms in total. The molecule has 0 saturated heterocycles. The Kier molecular flexibility index (Phi) is 5.91. The van der Waals surface area contributed by atoms with E-state index in [1.807, 2.05) is 59.2 Å². The molecule has 0 aliphatic carbocycles. The van der Waals surface area contributed by atoms with Crippen molar-refractivity contribution in [2.75, 3.05) is 12.9 Å². The van der Waals surface area contributed by atoms with Crippen LogP contribution in [0.4, 0.5) is 0 Å². The third-order valence-electron chi connectivity index (χ3n) is 3.95. The van der Waals surface area contributed by atoms with Gasteiger partial charge in [0.05, 0.1) is 12.8 Å². The molecule has 1 heterocycles. The maximum atomic E-state index is 9.34. The number of nitrogens with zero attached hydrogens (tertiary/aromatic N) is 4. The van der Waals surface area contributed by atoms with E-state index in [4.69, 9.17) is 4.74 Å². The van der Waals surface area contributed by atoms with Gasteiger partial charge in [-0.15, -0.1) is 10.2 Å². The van der Waals surface area contributed by atoms with Crippen molar-refractivity contribution in [3.8, 4) is 17.1 Å². The highest BCUT2D eigenvalue weighted by molar-refractivity contribution is 7.99. The fourth-order valence-electron chi connectivity index (χ4n) is 2.57. The van der Waals surface area contributed by atoms with Gasteiger partial charge in [-0.2, -0.15) is 0 Å². The maximum absolute atomic E-state index is 9.34. The predicted octanol–water partition coefficient (Wildman–Crippen LogP) is 3.94. The number of oxime groups is 1. The largest absolute Gasteiger partial charge is 0.497 e. The molecule has 1 N–H and O–H groups in total. The topological polar surface area (TPSA) is 72.5 Å². The molecule has 26 heavy (non-hydrogen) atoms. The van der Waals surface area contributed by atoms with Gasteiger partial charge < -0.3 is 14.5 Å². The smallest absolute Gasteiger partial charge is 0.191 e. The molecule has 0 radical (unpaired) electrons. The molecule has 3 aromatic rings. The summed E-state index contributed by atoms with van der Waals surface area (Å²) < 4.78 is 7.25. The molecule has 134 valence electrons. The Morgan fingerprint density at radius 2 is 1.85 bits per heavy atom. The van der Waals surface area contributed by atoms with Crippen LogP contribution < -0.4 is 4.74 Å². The summed E-state index contributed by atoms with van der Waals surface area (Å²) in [6.07, 6.45) is 0. The summed E-state index contributed by atoms with van der Waals surface area (Å²) in [5, 5.41) is 22.2. The molecule has 0 atom stereocenters. The van der Waals surface area contributed by atoms with Crippen LogP contribution >= 0.6 is 11.8 Å². The molecule has 0 aliphatic heterocycles. The van der Waals surface area contributed by atoms with Gasteiger partial charge in [-0.1, -0.05) is 47.2 Å². The minimum Gasteiger partial charge on any atom is -0.497 e. The van der Waals surface area contributed by atoms with Gasteiger partial charge >= 0.3 is 0 Å². The first-order valence-electron chi connectivity index (χ1n) is 8.23. The highest BCUT2D eigenvalue weighted by Crippen LogP contribution is 2.26. The first-order valence-corrected chi connectivity index (χ1v) is 9.22. The fraction of sp³-hybridized carbons (Fsp3) is 0.211. The van der Waals surface area contributed by atoms with Crippen LogP contribution in [0.3, 0.4) is 0 Å². The summed E-state index contributed by atoms with van der Waals surface area (Å²) in [7, 11) is 1.64. The fourth-order valence-corrected chi connectivity index (χ4v) is 3.53. The Labute approximate surface area is 156 Å². The van der Waals surface area contributed by atoms with Crippen molar-refractivity contribution in [1.29, 1.82) is 0 Å².